The van der Waals surface area contributed by atoms with Crippen molar-refractivity contribution in [3.05, 3.63) is 0 Å². The van der Waals surface area contributed by atoms with Crippen molar-refractivity contribution in [3.63, 3.8) is 0 Å². The Labute approximate surface area is 126 Å². The molecule has 0 spiro atoms. The summed E-state index contributed by atoms with van der Waals surface area (Å²) < 4.78 is 1.51. The van der Waals surface area contributed by atoms with Crippen LogP contribution in [0.3, 0.4) is 0 Å². The van der Waals surface area contributed by atoms with Crippen molar-refractivity contribution in [2.24, 2.45) is 0 Å². The van der Waals surface area contributed by atoms with E-state index in [-0.39, 0.29) is 0 Å². The number of hydrogen-bond donors (Lipinski definition) is 0. The molecule has 0 saturated heterocycles. The van der Waals surface area contributed by atoms with Crippen LogP contribution in [0.25, 0.3) is 0 Å². The molecule has 0 aromatic heterocycles. The normalized spacial score (nSPS) is 10.9. The average molecular weight is 433 g/mol. The predicted molar refractivity (Wildman–Crippen MR) is 80.9 cm³/mol. The molecule has 0 aliphatic rings. The SMILES string of the molecule is CCCCCCCCCCCCCCC[CH2][Pb]. The van der Waals surface area contributed by atoms with E-state index < -0.39 is 0 Å². The van der Waals surface area contributed by atoms with E-state index in [4.69, 9.17) is 0 Å². The van der Waals surface area contributed by atoms with Crippen molar-refractivity contribution in [3.8, 4) is 0 Å². The summed E-state index contributed by atoms with van der Waals surface area (Å²) in [6.07, 6.45) is 20.7. The number of rotatable bonds is 14. The van der Waals surface area contributed by atoms with Gasteiger partial charge in [0.15, 0.2) is 0 Å². The van der Waals surface area contributed by atoms with Crippen LogP contribution < -0.4 is 0 Å². The van der Waals surface area contributed by atoms with Crippen LogP contribution in [0.1, 0.15) is 96.8 Å². The van der Waals surface area contributed by atoms with Crippen LogP contribution in [0, 0.1) is 0 Å². The summed E-state index contributed by atoms with van der Waals surface area (Å²) in [6.45, 7) is 2.29. The fraction of sp³-hybridized carbons (Fsp3) is 1.00. The molecule has 1 heteroatoms. The van der Waals surface area contributed by atoms with Crippen LogP contribution in [0.4, 0.5) is 0 Å². The van der Waals surface area contributed by atoms with E-state index in [1.807, 2.05) is 0 Å². The Morgan fingerprint density at radius 3 is 1.06 bits per heavy atom. The summed E-state index contributed by atoms with van der Waals surface area (Å²) in [5.74, 6) is 0. The first-order valence-electron chi connectivity index (χ1n) is 8.06. The number of hydrogen-bond acceptors (Lipinski definition) is 0. The van der Waals surface area contributed by atoms with Crippen LogP contribution in [0.5, 0.6) is 0 Å². The fourth-order valence-electron chi connectivity index (χ4n) is 2.32. The Bertz CT molecular complexity index is 109. The third-order valence-electron chi connectivity index (χ3n) is 3.53. The minimum absolute atomic E-state index is 1.38. The molecule has 0 aromatic rings. The molecule has 0 N–H and O–H groups in total. The van der Waals surface area contributed by atoms with Gasteiger partial charge in [-0.1, -0.05) is 26.2 Å². The van der Waals surface area contributed by atoms with Gasteiger partial charge in [-0.05, 0) is 0 Å². The van der Waals surface area contributed by atoms with Crippen LogP contribution in [0.15, 0.2) is 0 Å². The zero-order chi connectivity index (χ0) is 12.6. The fourth-order valence-corrected chi connectivity index (χ4v) is 3.29. The standard InChI is InChI=1S/C16H33.Pb/c1-3-5-7-9-11-13-15-16-14-12-10-8-6-4-2;/h1,3-16H2,2H3;. The summed E-state index contributed by atoms with van der Waals surface area (Å²) in [5, 5.41) is 0. The van der Waals surface area contributed by atoms with E-state index in [0.717, 1.165) is 0 Å². The average Bonchev–Trinajstić information content (AvgIpc) is 2.35. The Kier molecular flexibility index (Phi) is 17.8. The van der Waals surface area contributed by atoms with Crippen molar-refractivity contribution in [1.29, 1.82) is 0 Å². The summed E-state index contributed by atoms with van der Waals surface area (Å²) in [4.78, 5) is 0. The summed E-state index contributed by atoms with van der Waals surface area (Å²) in [6, 6.07) is 0. The molecule has 3 radical (unpaired) electrons. The van der Waals surface area contributed by atoms with Crippen LogP contribution in [0.2, 0.25) is 3.98 Å². The van der Waals surface area contributed by atoms with Gasteiger partial charge in [0, 0.05) is 0 Å². The van der Waals surface area contributed by atoms with Gasteiger partial charge in [-0.3, -0.25) is 0 Å². The van der Waals surface area contributed by atoms with Crippen molar-refractivity contribution < 1.29 is 0 Å². The van der Waals surface area contributed by atoms with Gasteiger partial charge in [-0.25, -0.2) is 0 Å². The molecular weight excluding hydrogens is 399 g/mol. The zero-order valence-electron chi connectivity index (χ0n) is 12.1. The molecule has 0 aromatic carbocycles. The van der Waals surface area contributed by atoms with Gasteiger partial charge in [0.25, 0.3) is 0 Å². The number of unbranched alkanes of at least 4 members (excludes halogenated alkanes) is 13. The zero-order valence-corrected chi connectivity index (χ0v) is 16.0. The maximum atomic E-state index is 2.29. The van der Waals surface area contributed by atoms with Crippen molar-refractivity contribution >= 4 is 25.8 Å². The third-order valence-corrected chi connectivity index (χ3v) is 4.90. The topological polar surface area (TPSA) is 0 Å². The van der Waals surface area contributed by atoms with Gasteiger partial charge in [0.1, 0.15) is 0 Å². The minimum atomic E-state index is 1.38. The van der Waals surface area contributed by atoms with E-state index in [1.54, 1.807) is 0 Å². The quantitative estimate of drug-likeness (QED) is 0.231. The second kappa shape index (κ2) is 16.9. The van der Waals surface area contributed by atoms with Gasteiger partial charge in [0.2, 0.25) is 0 Å². The van der Waals surface area contributed by atoms with Gasteiger partial charge >= 0.3 is 100 Å². The van der Waals surface area contributed by atoms with E-state index in [9.17, 15) is 0 Å². The Morgan fingerprint density at radius 1 is 0.471 bits per heavy atom. The molecule has 0 nitrogen and oxygen atoms in total. The molecule has 101 valence electrons. The Morgan fingerprint density at radius 2 is 0.765 bits per heavy atom. The van der Waals surface area contributed by atoms with Crippen LogP contribution in [-0.4, -0.2) is 25.8 Å². The van der Waals surface area contributed by atoms with Crippen LogP contribution >= 0.6 is 0 Å². The molecular formula is C16H33Pb. The molecule has 0 aliphatic heterocycles. The Balaban J connectivity index is 2.85. The van der Waals surface area contributed by atoms with Gasteiger partial charge in [-0.15, -0.1) is 0 Å². The predicted octanol–water partition coefficient (Wildman–Crippen LogP) is 6.05. The summed E-state index contributed by atoms with van der Waals surface area (Å²) >= 11 is 1.41. The van der Waals surface area contributed by atoms with Crippen molar-refractivity contribution in [2.45, 2.75) is 101 Å². The van der Waals surface area contributed by atoms with E-state index >= 15 is 0 Å². The van der Waals surface area contributed by atoms with E-state index in [2.05, 4.69) is 6.92 Å². The Hall–Kier alpha value is 0.922. The molecule has 0 amide bonds. The molecule has 0 atom stereocenters. The molecule has 17 heavy (non-hydrogen) atoms. The third kappa shape index (κ3) is 16.9. The van der Waals surface area contributed by atoms with Crippen molar-refractivity contribution in [2.75, 3.05) is 0 Å². The van der Waals surface area contributed by atoms with Gasteiger partial charge in [0.05, 0.1) is 0 Å². The molecule has 0 fully saturated rings. The molecule has 0 saturated carbocycles. The van der Waals surface area contributed by atoms with Gasteiger partial charge < -0.3 is 0 Å². The first-order valence-corrected chi connectivity index (χ1v) is 10.8. The molecule has 0 aliphatic carbocycles. The van der Waals surface area contributed by atoms with E-state index in [1.165, 1.54) is 120 Å². The molecule has 0 unspecified atom stereocenters. The summed E-state index contributed by atoms with van der Waals surface area (Å²) in [5.41, 5.74) is 0. The van der Waals surface area contributed by atoms with Crippen molar-refractivity contribution in [1.82, 2.24) is 0 Å². The second-order valence-electron chi connectivity index (χ2n) is 5.35. The first-order chi connectivity index (χ1) is 8.41. The molecule has 0 rings (SSSR count). The van der Waals surface area contributed by atoms with Gasteiger partial charge in [-0.2, -0.15) is 0 Å². The second-order valence-corrected chi connectivity index (χ2v) is 7.29. The van der Waals surface area contributed by atoms with Crippen LogP contribution in [-0.2, 0) is 0 Å². The maximum absolute atomic E-state index is 2.29. The van der Waals surface area contributed by atoms with E-state index in [0.29, 0.717) is 0 Å². The first kappa shape index (κ1) is 17.9. The summed E-state index contributed by atoms with van der Waals surface area (Å²) in [7, 11) is 0. The monoisotopic (exact) mass is 433 g/mol. The molecule has 0 heterocycles. The molecule has 0 bridgehead atoms.